The summed E-state index contributed by atoms with van der Waals surface area (Å²) < 4.78 is 0. The van der Waals surface area contributed by atoms with Gasteiger partial charge in [-0.2, -0.15) is 0 Å². The fourth-order valence-electron chi connectivity index (χ4n) is 4.41. The predicted octanol–water partition coefficient (Wildman–Crippen LogP) is 29.2. The summed E-state index contributed by atoms with van der Waals surface area (Å²) in [5, 5.41) is 0. The highest BCUT2D eigenvalue weighted by Gasteiger charge is 1.95. The molecule has 0 aliphatic rings. The van der Waals surface area contributed by atoms with Crippen LogP contribution < -0.4 is 0 Å². The second-order valence-electron chi connectivity index (χ2n) is 14.8. The predicted molar refractivity (Wildman–Crippen MR) is 384 cm³/mol. The summed E-state index contributed by atoms with van der Waals surface area (Å²) in [6.07, 6.45) is 7.34. The van der Waals surface area contributed by atoms with E-state index < -0.39 is 0 Å². The maximum atomic E-state index is 2.24. The van der Waals surface area contributed by atoms with E-state index in [0.717, 1.165) is 17.8 Å². The van der Waals surface area contributed by atoms with Crippen molar-refractivity contribution in [1.82, 2.24) is 0 Å². The van der Waals surface area contributed by atoms with Gasteiger partial charge >= 0.3 is 0 Å². The summed E-state index contributed by atoms with van der Waals surface area (Å²) in [5.74, 6) is 2.30. The van der Waals surface area contributed by atoms with Gasteiger partial charge in [-0.1, -0.05) is 445 Å². The summed E-state index contributed by atoms with van der Waals surface area (Å²) in [4.78, 5) is 0. The molecular formula is C77H152. The Bertz CT molecular complexity index is 1190. The van der Waals surface area contributed by atoms with Crippen molar-refractivity contribution >= 4 is 0 Å². The molecule has 0 amide bonds. The lowest BCUT2D eigenvalue weighted by Gasteiger charge is -2.02. The third kappa shape index (κ3) is 141. The van der Waals surface area contributed by atoms with Gasteiger partial charge in [0.15, 0.2) is 0 Å². The summed E-state index contributed by atoms with van der Waals surface area (Å²) in [6, 6.07) is 67.8. The van der Waals surface area contributed by atoms with Crippen LogP contribution >= 0.6 is 0 Å². The molecule has 460 valence electrons. The van der Waals surface area contributed by atoms with Crippen LogP contribution in [0.5, 0.6) is 0 Å². The first-order valence-corrected chi connectivity index (χ1v) is 27.7. The van der Waals surface area contributed by atoms with Crippen LogP contribution in [0.3, 0.4) is 0 Å². The Morgan fingerprint density at radius 1 is 0.195 bits per heavy atom. The molecule has 0 unspecified atom stereocenters. The van der Waals surface area contributed by atoms with Gasteiger partial charge in [-0.25, -0.2) is 0 Å². The third-order valence-electron chi connectivity index (χ3n) is 6.46. The molecular weight excluding hydrogens is 925 g/mol. The highest BCUT2D eigenvalue weighted by atomic mass is 14.0. The van der Waals surface area contributed by atoms with E-state index in [1.165, 1.54) is 55.2 Å². The van der Waals surface area contributed by atoms with Crippen molar-refractivity contribution < 1.29 is 0 Å². The molecule has 0 aliphatic carbocycles. The lowest BCUT2D eigenvalue weighted by atomic mass is 10.0. The molecule has 0 heteroatoms. The quantitative estimate of drug-likeness (QED) is 0.156. The van der Waals surface area contributed by atoms with E-state index in [1.54, 1.807) is 0 Å². The standard InChI is InChI=1S/3C10H14.3C6H6.3C3H8.6C2H6.8CH4/c3*1-9(2)8-10-6-4-3-5-7-10;3*1-2-4-6-5-3-1;3*1-3-2;6*1-2;;;;;;;;/h3*3-7,9H,8H2,1-2H3;3*1-6H;3*3H2,1-2H3;6*1-2H3;8*1H4. The Labute approximate surface area is 496 Å². The average Bonchev–Trinajstić information content (AvgIpc) is 3.41. The lowest BCUT2D eigenvalue weighted by Crippen LogP contribution is -1.92. The largest absolute Gasteiger partial charge is 0.0776 e. The molecule has 0 saturated carbocycles. The molecule has 6 aromatic carbocycles. The van der Waals surface area contributed by atoms with Crippen LogP contribution in [0.25, 0.3) is 0 Å². The minimum Gasteiger partial charge on any atom is -0.0776 e. The molecule has 6 rings (SSSR count). The third-order valence-corrected chi connectivity index (χ3v) is 6.46. The van der Waals surface area contributed by atoms with Crippen molar-refractivity contribution in [3.8, 4) is 0 Å². The van der Waals surface area contributed by atoms with Gasteiger partial charge in [0.2, 0.25) is 0 Å². The lowest BCUT2D eigenvalue weighted by molar-refractivity contribution is 0.647. The molecule has 0 heterocycles. The molecule has 0 saturated heterocycles. The maximum Gasteiger partial charge on any atom is -0.0256 e. The highest BCUT2D eigenvalue weighted by molar-refractivity contribution is 5.16. The summed E-state index contributed by atoms with van der Waals surface area (Å²) in [5.41, 5.74) is 4.33. The van der Waals surface area contributed by atoms with Crippen molar-refractivity contribution in [1.29, 1.82) is 0 Å². The second-order valence-corrected chi connectivity index (χ2v) is 14.8. The Hall–Kier alpha value is -4.68. The normalized spacial score (nSPS) is 7.05. The van der Waals surface area contributed by atoms with E-state index in [4.69, 9.17) is 0 Å². The number of benzene rings is 6. The van der Waals surface area contributed by atoms with Gasteiger partial charge in [-0.3, -0.25) is 0 Å². The van der Waals surface area contributed by atoms with E-state index in [-0.39, 0.29) is 59.4 Å². The molecule has 77 heavy (non-hydrogen) atoms. The zero-order valence-corrected chi connectivity index (χ0v) is 50.5. The van der Waals surface area contributed by atoms with Crippen LogP contribution in [0.15, 0.2) is 200 Å². The molecule has 0 bridgehead atoms. The van der Waals surface area contributed by atoms with Gasteiger partial charge in [0.1, 0.15) is 0 Å². The Morgan fingerprint density at radius 3 is 0.351 bits per heavy atom. The Balaban J connectivity index is -0.0000000345. The zero-order chi connectivity index (χ0) is 55.0. The molecule has 0 radical (unpaired) electrons. The van der Waals surface area contributed by atoms with Gasteiger partial charge < -0.3 is 0 Å². The fourth-order valence-corrected chi connectivity index (χ4v) is 4.41. The molecule has 6 aromatic rings. The molecule has 0 aromatic heterocycles. The minimum absolute atomic E-state index is 0. The van der Waals surface area contributed by atoms with Crippen LogP contribution in [-0.4, -0.2) is 0 Å². The van der Waals surface area contributed by atoms with Gasteiger partial charge in [-0.05, 0) is 53.7 Å². The molecule has 0 aliphatic heterocycles. The van der Waals surface area contributed by atoms with E-state index in [1.807, 2.05) is 192 Å². The van der Waals surface area contributed by atoms with Gasteiger partial charge in [0.05, 0.1) is 0 Å². The van der Waals surface area contributed by atoms with E-state index >= 15 is 0 Å². The second kappa shape index (κ2) is 129. The minimum atomic E-state index is 0. The Morgan fingerprint density at radius 2 is 0.273 bits per heavy atom. The summed E-state index contributed by atoms with van der Waals surface area (Å²) in [6.45, 7) is 50.2. The van der Waals surface area contributed by atoms with Crippen LogP contribution in [0.4, 0.5) is 0 Å². The molecule has 0 nitrogen and oxygen atoms in total. The first-order valence-electron chi connectivity index (χ1n) is 27.7. The zero-order valence-electron chi connectivity index (χ0n) is 50.5. The van der Waals surface area contributed by atoms with E-state index in [2.05, 4.69) is 174 Å². The average molecular weight is 1080 g/mol. The molecule has 0 spiro atoms. The SMILES string of the molecule is C.C.C.C.C.C.C.C.CC.CC.CC.CC.CC.CC.CC(C)Cc1ccccc1.CC(C)Cc1ccccc1.CC(C)Cc1ccccc1.CCC.CCC.CCC.c1ccccc1.c1ccccc1.c1ccccc1. The first kappa shape index (κ1) is 120. The summed E-state index contributed by atoms with van der Waals surface area (Å²) >= 11 is 0. The molecule has 0 atom stereocenters. The summed E-state index contributed by atoms with van der Waals surface area (Å²) in [7, 11) is 0. The van der Waals surface area contributed by atoms with Crippen LogP contribution in [0, 0.1) is 17.8 Å². The van der Waals surface area contributed by atoms with E-state index in [9.17, 15) is 0 Å². The highest BCUT2D eigenvalue weighted by Crippen LogP contribution is 2.08. The fraction of sp³-hybridized carbons (Fsp3) is 0.532. The number of hydrogen-bond donors (Lipinski definition) is 0. The van der Waals surface area contributed by atoms with Crippen molar-refractivity contribution in [2.24, 2.45) is 17.8 Å². The number of rotatable bonds is 6. The van der Waals surface area contributed by atoms with Crippen LogP contribution in [0.2, 0.25) is 0 Å². The molecule has 0 fully saturated rings. The smallest absolute Gasteiger partial charge is 0.0256 e. The topological polar surface area (TPSA) is 0 Å². The number of hydrogen-bond acceptors (Lipinski definition) is 0. The van der Waals surface area contributed by atoms with Gasteiger partial charge in [-0.15, -0.1) is 0 Å². The van der Waals surface area contributed by atoms with Crippen molar-refractivity contribution in [2.45, 2.75) is 264 Å². The van der Waals surface area contributed by atoms with Crippen LogP contribution in [-0.2, 0) is 19.3 Å². The van der Waals surface area contributed by atoms with Gasteiger partial charge in [0, 0.05) is 0 Å². The maximum absolute atomic E-state index is 2.24. The van der Waals surface area contributed by atoms with Gasteiger partial charge in [0.25, 0.3) is 0 Å². The van der Waals surface area contributed by atoms with Crippen molar-refractivity contribution in [2.75, 3.05) is 0 Å². The van der Waals surface area contributed by atoms with Crippen molar-refractivity contribution in [3.05, 3.63) is 217 Å². The molecule has 0 N–H and O–H groups in total. The monoisotopic (exact) mass is 1080 g/mol. The van der Waals surface area contributed by atoms with E-state index in [0.29, 0.717) is 0 Å². The first-order chi connectivity index (χ1) is 33.6. The Kier molecular flexibility index (Phi) is 201. The van der Waals surface area contributed by atoms with Crippen LogP contribution in [0.1, 0.15) is 262 Å². The van der Waals surface area contributed by atoms with Crippen molar-refractivity contribution in [3.63, 3.8) is 0 Å².